The molecular weight excluding hydrogens is 428 g/mol. The van der Waals surface area contributed by atoms with Gasteiger partial charge in [0.1, 0.15) is 0 Å². The Morgan fingerprint density at radius 2 is 1.97 bits per heavy atom. The lowest BCUT2D eigenvalue weighted by atomic mass is 10.1. The first-order chi connectivity index (χ1) is 14.1. The predicted octanol–water partition coefficient (Wildman–Crippen LogP) is 4.83. The van der Waals surface area contributed by atoms with E-state index in [1.54, 1.807) is 12.4 Å². The molecule has 29 heavy (non-hydrogen) atoms. The maximum absolute atomic E-state index is 13.0. The lowest BCUT2D eigenvalue weighted by Crippen LogP contribution is -2.24. The number of pyridine rings is 2. The van der Waals surface area contributed by atoms with Crippen LogP contribution in [0.1, 0.15) is 27.3 Å². The number of hydrogen-bond acceptors (Lipinski definition) is 3. The molecule has 0 aliphatic carbocycles. The molecular formula is C23H19BrN4O. The van der Waals surface area contributed by atoms with E-state index in [9.17, 15) is 4.79 Å². The zero-order chi connectivity index (χ0) is 20.2. The quantitative estimate of drug-likeness (QED) is 0.477. The fourth-order valence-corrected chi connectivity index (χ4v) is 3.46. The molecule has 0 saturated heterocycles. The number of nitrogens with one attached hydrogen (secondary N) is 1. The Labute approximate surface area is 177 Å². The highest BCUT2D eigenvalue weighted by Crippen LogP contribution is 2.24. The van der Waals surface area contributed by atoms with E-state index in [1.807, 2.05) is 78.5 Å². The van der Waals surface area contributed by atoms with Gasteiger partial charge in [-0.3, -0.25) is 9.78 Å². The van der Waals surface area contributed by atoms with E-state index in [0.717, 1.165) is 32.3 Å². The Bertz CT molecular complexity index is 1200. The molecule has 5 nitrogen and oxygen atoms in total. The third kappa shape index (κ3) is 4.43. The zero-order valence-electron chi connectivity index (χ0n) is 15.8. The number of halogens is 1. The summed E-state index contributed by atoms with van der Waals surface area (Å²) in [7, 11) is 1.96. The number of rotatable bonds is 5. The molecule has 0 fully saturated rings. The second-order valence-electron chi connectivity index (χ2n) is 6.66. The monoisotopic (exact) mass is 446 g/mol. The summed E-state index contributed by atoms with van der Waals surface area (Å²) in [4.78, 5) is 21.7. The number of hydrogen-bond donors (Lipinski definition) is 1. The fourth-order valence-electron chi connectivity index (χ4n) is 3.09. The first-order valence-corrected chi connectivity index (χ1v) is 9.96. The van der Waals surface area contributed by atoms with E-state index in [2.05, 4.69) is 26.2 Å². The highest BCUT2D eigenvalue weighted by molar-refractivity contribution is 9.10. The van der Waals surface area contributed by atoms with Crippen LogP contribution in [0.4, 0.5) is 0 Å². The van der Waals surface area contributed by atoms with Crippen LogP contribution in [0.15, 0.2) is 71.6 Å². The molecule has 0 aliphatic rings. The van der Waals surface area contributed by atoms with Crippen LogP contribution in [0.5, 0.6) is 0 Å². The number of fused-ring (bicyclic) bond motifs is 1. The number of carbonyl (C=O) groups excluding carboxylic acids is 1. The molecule has 0 aliphatic heterocycles. The maximum atomic E-state index is 13.0. The molecule has 1 N–H and O–H groups in total. The standard InChI is InChI=1S/C23H19BrN4O/c1-28-12-2-3-19(28)15-26-23(29)21-14-18(6-4-16-8-10-25-11-9-16)27-22-7-5-17(24)13-20(21)22/h2-14H,15H2,1H3,(H,26,29)/b6-4+. The van der Waals surface area contributed by atoms with Crippen LogP contribution >= 0.6 is 15.9 Å². The molecule has 0 bridgehead atoms. The first kappa shape index (κ1) is 19.1. The van der Waals surface area contributed by atoms with Gasteiger partial charge in [-0.1, -0.05) is 22.0 Å². The largest absolute Gasteiger partial charge is 0.353 e. The summed E-state index contributed by atoms with van der Waals surface area (Å²) in [5.74, 6) is -0.129. The van der Waals surface area contributed by atoms with Crippen molar-refractivity contribution in [1.29, 1.82) is 0 Å². The molecule has 0 atom stereocenters. The van der Waals surface area contributed by atoms with Crippen molar-refractivity contribution in [2.75, 3.05) is 0 Å². The van der Waals surface area contributed by atoms with Gasteiger partial charge in [0.25, 0.3) is 5.91 Å². The molecule has 4 aromatic rings. The molecule has 0 saturated carbocycles. The van der Waals surface area contributed by atoms with Crippen LogP contribution in [0.25, 0.3) is 23.1 Å². The Hall–Kier alpha value is -3.25. The second-order valence-corrected chi connectivity index (χ2v) is 7.58. The zero-order valence-corrected chi connectivity index (χ0v) is 17.4. The van der Waals surface area contributed by atoms with Gasteiger partial charge in [0, 0.05) is 41.2 Å². The number of aryl methyl sites for hydroxylation is 1. The highest BCUT2D eigenvalue weighted by Gasteiger charge is 2.13. The van der Waals surface area contributed by atoms with Crippen LogP contribution in [-0.4, -0.2) is 20.4 Å². The Morgan fingerprint density at radius 1 is 1.14 bits per heavy atom. The number of benzene rings is 1. The van der Waals surface area contributed by atoms with Crippen LogP contribution in [0.3, 0.4) is 0 Å². The van der Waals surface area contributed by atoms with Crippen molar-refractivity contribution in [3.8, 4) is 0 Å². The van der Waals surface area contributed by atoms with E-state index in [-0.39, 0.29) is 5.91 Å². The third-order valence-corrected chi connectivity index (χ3v) is 5.16. The minimum Gasteiger partial charge on any atom is -0.353 e. The van der Waals surface area contributed by atoms with Crippen LogP contribution in [-0.2, 0) is 13.6 Å². The minimum absolute atomic E-state index is 0.129. The van der Waals surface area contributed by atoms with Gasteiger partial charge in [0.05, 0.1) is 23.3 Å². The van der Waals surface area contributed by atoms with Gasteiger partial charge >= 0.3 is 0 Å². The Balaban J connectivity index is 1.68. The van der Waals surface area contributed by atoms with E-state index >= 15 is 0 Å². The van der Waals surface area contributed by atoms with Gasteiger partial charge in [0.15, 0.2) is 0 Å². The average Bonchev–Trinajstić information content (AvgIpc) is 3.15. The smallest absolute Gasteiger partial charge is 0.252 e. The van der Waals surface area contributed by atoms with E-state index in [0.29, 0.717) is 12.1 Å². The van der Waals surface area contributed by atoms with Gasteiger partial charge in [-0.25, -0.2) is 4.98 Å². The summed E-state index contributed by atoms with van der Waals surface area (Å²) in [6, 6.07) is 15.4. The minimum atomic E-state index is -0.129. The van der Waals surface area contributed by atoms with Gasteiger partial charge in [0.2, 0.25) is 0 Å². The van der Waals surface area contributed by atoms with E-state index in [1.165, 1.54) is 0 Å². The molecule has 4 rings (SSSR count). The molecule has 6 heteroatoms. The van der Waals surface area contributed by atoms with Crippen molar-refractivity contribution in [2.24, 2.45) is 7.05 Å². The van der Waals surface area contributed by atoms with E-state index in [4.69, 9.17) is 4.98 Å². The SMILES string of the molecule is Cn1cccc1CNC(=O)c1cc(/C=C/c2ccncc2)nc2ccc(Br)cc12. The predicted molar refractivity (Wildman–Crippen MR) is 119 cm³/mol. The van der Waals surface area contributed by atoms with Crippen molar-refractivity contribution in [3.05, 3.63) is 94.1 Å². The molecule has 0 spiro atoms. The van der Waals surface area contributed by atoms with Crippen molar-refractivity contribution >= 4 is 44.9 Å². The van der Waals surface area contributed by atoms with Gasteiger partial charge in [-0.2, -0.15) is 0 Å². The molecule has 1 aromatic carbocycles. The van der Waals surface area contributed by atoms with Crippen LogP contribution in [0.2, 0.25) is 0 Å². The molecule has 3 aromatic heterocycles. The van der Waals surface area contributed by atoms with Crippen LogP contribution in [0, 0.1) is 0 Å². The Morgan fingerprint density at radius 3 is 2.72 bits per heavy atom. The summed E-state index contributed by atoms with van der Waals surface area (Å²) in [6.45, 7) is 0.461. The first-order valence-electron chi connectivity index (χ1n) is 9.17. The molecule has 144 valence electrons. The number of carbonyl (C=O) groups is 1. The number of nitrogens with zero attached hydrogens (tertiary/aromatic N) is 3. The van der Waals surface area contributed by atoms with Crippen molar-refractivity contribution in [2.45, 2.75) is 6.54 Å². The van der Waals surface area contributed by atoms with Crippen molar-refractivity contribution < 1.29 is 4.79 Å². The van der Waals surface area contributed by atoms with Crippen LogP contribution < -0.4 is 5.32 Å². The summed E-state index contributed by atoms with van der Waals surface area (Å²) >= 11 is 3.49. The molecule has 3 heterocycles. The molecule has 0 unspecified atom stereocenters. The maximum Gasteiger partial charge on any atom is 0.252 e. The average molecular weight is 447 g/mol. The van der Waals surface area contributed by atoms with Crippen molar-refractivity contribution in [3.63, 3.8) is 0 Å². The molecule has 0 radical (unpaired) electrons. The normalized spacial score (nSPS) is 11.2. The van der Waals surface area contributed by atoms with E-state index < -0.39 is 0 Å². The summed E-state index contributed by atoms with van der Waals surface area (Å²) in [5, 5.41) is 3.83. The lowest BCUT2D eigenvalue weighted by molar-refractivity contribution is 0.0951. The number of amides is 1. The number of aromatic nitrogens is 3. The highest BCUT2D eigenvalue weighted by atomic mass is 79.9. The summed E-state index contributed by atoms with van der Waals surface area (Å²) < 4.78 is 2.90. The fraction of sp³-hybridized carbons (Fsp3) is 0.0870. The lowest BCUT2D eigenvalue weighted by Gasteiger charge is -2.10. The van der Waals surface area contributed by atoms with Gasteiger partial charge < -0.3 is 9.88 Å². The Kier molecular flexibility index (Phi) is 5.53. The third-order valence-electron chi connectivity index (χ3n) is 4.67. The topological polar surface area (TPSA) is 59.8 Å². The van der Waals surface area contributed by atoms with Crippen molar-refractivity contribution in [1.82, 2.24) is 19.9 Å². The molecule has 1 amide bonds. The van der Waals surface area contributed by atoms with Gasteiger partial charge in [-0.15, -0.1) is 0 Å². The summed E-state index contributed by atoms with van der Waals surface area (Å²) in [5.41, 5.74) is 4.15. The summed E-state index contributed by atoms with van der Waals surface area (Å²) in [6.07, 6.45) is 9.31. The van der Waals surface area contributed by atoms with Gasteiger partial charge in [-0.05, 0) is 60.2 Å². The second kappa shape index (κ2) is 8.41.